The first-order valence-corrected chi connectivity index (χ1v) is 23.8. The highest BCUT2D eigenvalue weighted by molar-refractivity contribution is 5.71. The molecule has 0 rings (SSSR count). The number of rotatable bonds is 42. The van der Waals surface area contributed by atoms with E-state index in [1.54, 1.807) is 0 Å². The van der Waals surface area contributed by atoms with Crippen molar-refractivity contribution in [2.75, 3.05) is 13.2 Å². The molecule has 6 nitrogen and oxygen atoms in total. The molecule has 0 radical (unpaired) electrons. The zero-order valence-corrected chi connectivity index (χ0v) is 37.3. The summed E-state index contributed by atoms with van der Waals surface area (Å²) in [5, 5.41) is 0. The van der Waals surface area contributed by atoms with Crippen molar-refractivity contribution in [1.29, 1.82) is 0 Å². The topological polar surface area (TPSA) is 78.9 Å². The molecule has 6 heteroatoms. The molecule has 57 heavy (non-hydrogen) atoms. The fourth-order valence-electron chi connectivity index (χ4n) is 6.49. The Morgan fingerprint density at radius 3 is 1.19 bits per heavy atom. The van der Waals surface area contributed by atoms with Crippen molar-refractivity contribution in [2.45, 2.75) is 232 Å². The Balaban J connectivity index is 4.42. The molecule has 0 fully saturated rings. The number of allylic oxidation sites excluding steroid dienone is 10. The largest absolute Gasteiger partial charge is 0.462 e. The van der Waals surface area contributed by atoms with Crippen LogP contribution in [-0.2, 0) is 28.6 Å². The molecule has 0 bridgehead atoms. The molecule has 0 aliphatic heterocycles. The van der Waals surface area contributed by atoms with Crippen molar-refractivity contribution in [3.05, 3.63) is 60.8 Å². The molecule has 1 unspecified atom stereocenters. The number of ether oxygens (including phenoxy) is 3. The maximum atomic E-state index is 12.7. The van der Waals surface area contributed by atoms with Gasteiger partial charge in [-0.1, -0.05) is 210 Å². The summed E-state index contributed by atoms with van der Waals surface area (Å²) >= 11 is 0. The monoisotopic (exact) mass is 797 g/mol. The first kappa shape index (κ1) is 54.1. The lowest BCUT2D eigenvalue weighted by atomic mass is 10.0. The van der Waals surface area contributed by atoms with E-state index in [1.165, 1.54) is 109 Å². The van der Waals surface area contributed by atoms with Gasteiger partial charge in [-0.25, -0.2) is 0 Å². The Morgan fingerprint density at radius 2 is 0.719 bits per heavy atom. The summed E-state index contributed by atoms with van der Waals surface area (Å²) in [7, 11) is 0. The van der Waals surface area contributed by atoms with E-state index in [0.29, 0.717) is 12.8 Å². The van der Waals surface area contributed by atoms with Crippen LogP contribution in [0.1, 0.15) is 226 Å². The average Bonchev–Trinajstić information content (AvgIpc) is 3.21. The van der Waals surface area contributed by atoms with Gasteiger partial charge in [-0.3, -0.25) is 14.4 Å². The predicted octanol–water partition coefficient (Wildman–Crippen LogP) is 15.3. The molecule has 0 saturated heterocycles. The SMILES string of the molecule is CC\C=C/C=C\C=C/C=C\CCCCCC(=O)OC(COC(=O)CCCCCCC/C=C\CCCC)COC(=O)CCCCCCCCCCCCCCCCC. The van der Waals surface area contributed by atoms with Crippen molar-refractivity contribution >= 4 is 17.9 Å². The number of esters is 3. The lowest BCUT2D eigenvalue weighted by Gasteiger charge is -2.18. The van der Waals surface area contributed by atoms with E-state index in [9.17, 15) is 14.4 Å². The zero-order valence-electron chi connectivity index (χ0n) is 37.3. The Bertz CT molecular complexity index is 1050. The summed E-state index contributed by atoms with van der Waals surface area (Å²) in [5.41, 5.74) is 0. The van der Waals surface area contributed by atoms with Gasteiger partial charge in [-0.2, -0.15) is 0 Å². The van der Waals surface area contributed by atoms with E-state index in [2.05, 4.69) is 45.1 Å². The summed E-state index contributed by atoms with van der Waals surface area (Å²) in [5.74, 6) is -0.941. The van der Waals surface area contributed by atoms with Crippen LogP contribution in [0.25, 0.3) is 0 Å². The highest BCUT2D eigenvalue weighted by Crippen LogP contribution is 2.15. The van der Waals surface area contributed by atoms with Crippen LogP contribution in [0.3, 0.4) is 0 Å². The molecule has 0 aromatic carbocycles. The first-order valence-electron chi connectivity index (χ1n) is 23.8. The van der Waals surface area contributed by atoms with Gasteiger partial charge in [0.2, 0.25) is 0 Å². The van der Waals surface area contributed by atoms with Crippen molar-refractivity contribution in [3.63, 3.8) is 0 Å². The Hall–Kier alpha value is -2.89. The van der Waals surface area contributed by atoms with Crippen LogP contribution in [0.15, 0.2) is 60.8 Å². The highest BCUT2D eigenvalue weighted by Gasteiger charge is 2.19. The maximum absolute atomic E-state index is 12.7. The number of hydrogen-bond acceptors (Lipinski definition) is 6. The van der Waals surface area contributed by atoms with Gasteiger partial charge in [-0.15, -0.1) is 0 Å². The van der Waals surface area contributed by atoms with Gasteiger partial charge >= 0.3 is 17.9 Å². The van der Waals surface area contributed by atoms with Gasteiger partial charge in [0.15, 0.2) is 6.10 Å². The zero-order chi connectivity index (χ0) is 41.5. The highest BCUT2D eigenvalue weighted by atomic mass is 16.6. The van der Waals surface area contributed by atoms with Gasteiger partial charge in [0.1, 0.15) is 13.2 Å². The van der Waals surface area contributed by atoms with Crippen LogP contribution in [0.5, 0.6) is 0 Å². The molecule has 0 aliphatic carbocycles. The third kappa shape index (κ3) is 44.1. The normalized spacial score (nSPS) is 12.5. The molecule has 0 saturated carbocycles. The van der Waals surface area contributed by atoms with Crippen LogP contribution in [0.2, 0.25) is 0 Å². The summed E-state index contributed by atoms with van der Waals surface area (Å²) in [4.78, 5) is 37.8. The maximum Gasteiger partial charge on any atom is 0.306 e. The van der Waals surface area contributed by atoms with Gasteiger partial charge in [0, 0.05) is 19.3 Å². The number of carbonyl (C=O) groups is 3. The van der Waals surface area contributed by atoms with Crippen LogP contribution < -0.4 is 0 Å². The average molecular weight is 797 g/mol. The van der Waals surface area contributed by atoms with Gasteiger partial charge in [0.25, 0.3) is 0 Å². The third-order valence-electron chi connectivity index (χ3n) is 10.1. The molecule has 0 spiro atoms. The lowest BCUT2D eigenvalue weighted by molar-refractivity contribution is -0.167. The minimum absolute atomic E-state index is 0.0914. The second-order valence-corrected chi connectivity index (χ2v) is 15.7. The fourth-order valence-corrected chi connectivity index (χ4v) is 6.49. The smallest absolute Gasteiger partial charge is 0.306 e. The summed E-state index contributed by atoms with van der Waals surface area (Å²) in [6.07, 6.45) is 54.9. The molecule has 0 amide bonds. The van der Waals surface area contributed by atoms with Gasteiger partial charge < -0.3 is 14.2 Å². The van der Waals surface area contributed by atoms with Gasteiger partial charge in [-0.05, 0) is 57.8 Å². The van der Waals surface area contributed by atoms with Crippen LogP contribution in [0, 0.1) is 0 Å². The Kier molecular flexibility index (Phi) is 43.5. The van der Waals surface area contributed by atoms with Crippen molar-refractivity contribution < 1.29 is 28.6 Å². The van der Waals surface area contributed by atoms with Crippen LogP contribution in [-0.4, -0.2) is 37.2 Å². The second kappa shape index (κ2) is 45.8. The molecular formula is C51H88O6. The number of carbonyl (C=O) groups excluding carboxylic acids is 3. The van der Waals surface area contributed by atoms with E-state index in [-0.39, 0.29) is 37.5 Å². The first-order chi connectivity index (χ1) is 28.0. The fraction of sp³-hybridized carbons (Fsp3) is 0.745. The predicted molar refractivity (Wildman–Crippen MR) is 242 cm³/mol. The molecule has 328 valence electrons. The Labute approximate surface area is 351 Å². The minimum Gasteiger partial charge on any atom is -0.462 e. The number of hydrogen-bond donors (Lipinski definition) is 0. The molecule has 0 aromatic heterocycles. The Morgan fingerprint density at radius 1 is 0.368 bits per heavy atom. The number of unbranched alkanes of at least 4 members (excludes halogenated alkanes) is 24. The molecule has 0 N–H and O–H groups in total. The summed E-state index contributed by atoms with van der Waals surface area (Å²) < 4.78 is 16.7. The van der Waals surface area contributed by atoms with Crippen molar-refractivity contribution in [2.24, 2.45) is 0 Å². The van der Waals surface area contributed by atoms with Crippen LogP contribution in [0.4, 0.5) is 0 Å². The molecule has 0 aromatic rings. The van der Waals surface area contributed by atoms with Crippen LogP contribution >= 0.6 is 0 Å². The van der Waals surface area contributed by atoms with E-state index in [4.69, 9.17) is 14.2 Å². The lowest BCUT2D eigenvalue weighted by Crippen LogP contribution is -2.30. The van der Waals surface area contributed by atoms with E-state index in [0.717, 1.165) is 77.0 Å². The van der Waals surface area contributed by atoms with E-state index < -0.39 is 6.10 Å². The molecular weight excluding hydrogens is 709 g/mol. The molecule has 1 atom stereocenters. The minimum atomic E-state index is -0.793. The quantitative estimate of drug-likeness (QED) is 0.0201. The third-order valence-corrected chi connectivity index (χ3v) is 10.1. The van der Waals surface area contributed by atoms with Crippen molar-refractivity contribution in [1.82, 2.24) is 0 Å². The van der Waals surface area contributed by atoms with Crippen molar-refractivity contribution in [3.8, 4) is 0 Å². The van der Waals surface area contributed by atoms with E-state index >= 15 is 0 Å². The van der Waals surface area contributed by atoms with E-state index in [1.807, 2.05) is 36.5 Å². The summed E-state index contributed by atoms with van der Waals surface area (Å²) in [6, 6.07) is 0. The standard InChI is InChI=1S/C51H88O6/c1-4-7-10-13-16-19-22-24-25-27-29-32-35-38-41-44-50(53)56-47-48(46-55-49(52)43-40-37-34-31-28-21-18-15-12-9-6-3)57-51(54)45-42-39-36-33-30-26-23-20-17-14-11-8-5-2/h8,11,14-15,17-18,20,23,26,30,48H,4-7,9-10,12-13,16,19,21-22,24-25,27-29,31-47H2,1-3H3/b11-8-,17-14-,18-15-,23-20-,30-26-. The van der Waals surface area contributed by atoms with Gasteiger partial charge in [0.05, 0.1) is 0 Å². The molecule has 0 aliphatic rings. The second-order valence-electron chi connectivity index (χ2n) is 15.7. The summed E-state index contributed by atoms with van der Waals surface area (Å²) in [6.45, 7) is 6.41. The molecule has 0 heterocycles.